The van der Waals surface area contributed by atoms with Gasteiger partial charge in [-0.1, -0.05) is 66.7 Å². The molecule has 0 saturated carbocycles. The van der Waals surface area contributed by atoms with Crippen LogP contribution in [0.1, 0.15) is 32.3 Å². The highest BCUT2D eigenvalue weighted by atomic mass is 16.4. The third-order valence-electron chi connectivity index (χ3n) is 4.09. The Labute approximate surface area is 156 Å². The molecule has 0 saturated heterocycles. The summed E-state index contributed by atoms with van der Waals surface area (Å²) >= 11 is 0. The van der Waals surface area contributed by atoms with Crippen LogP contribution in [0.5, 0.6) is 0 Å². The van der Waals surface area contributed by atoms with Crippen molar-refractivity contribution in [1.29, 1.82) is 0 Å². The second-order valence-corrected chi connectivity index (χ2v) is 5.86. The average molecular weight is 359 g/mol. The Kier molecular flexibility index (Phi) is 5.42. The number of rotatable bonds is 5. The molecule has 0 radical (unpaired) electrons. The number of carbonyl (C=O) groups excluding carboxylic acids is 2. The van der Waals surface area contributed by atoms with E-state index in [4.69, 9.17) is 0 Å². The highest BCUT2D eigenvalue weighted by Crippen LogP contribution is 2.25. The molecule has 5 nitrogen and oxygen atoms in total. The fourth-order valence-electron chi connectivity index (χ4n) is 2.80. The maximum atomic E-state index is 13.1. The number of hydrogen-bond donors (Lipinski definition) is 1. The fraction of sp³-hybridized carbons (Fsp3) is 0.0455. The summed E-state index contributed by atoms with van der Waals surface area (Å²) in [7, 11) is 0. The van der Waals surface area contributed by atoms with E-state index < -0.39 is 23.8 Å². The van der Waals surface area contributed by atoms with Crippen LogP contribution in [0.25, 0.3) is 0 Å². The Morgan fingerprint density at radius 1 is 0.630 bits per heavy atom. The third kappa shape index (κ3) is 3.93. The van der Waals surface area contributed by atoms with Gasteiger partial charge < -0.3 is 5.11 Å². The van der Waals surface area contributed by atoms with Crippen LogP contribution in [-0.4, -0.2) is 27.8 Å². The highest BCUT2D eigenvalue weighted by molar-refractivity contribution is 6.12. The first kappa shape index (κ1) is 18.1. The lowest BCUT2D eigenvalue weighted by Crippen LogP contribution is -2.43. The molecular weight excluding hydrogens is 342 g/mol. The van der Waals surface area contributed by atoms with E-state index in [1.807, 2.05) is 0 Å². The van der Waals surface area contributed by atoms with Gasteiger partial charge in [-0.2, -0.15) is 0 Å². The molecule has 0 aliphatic carbocycles. The molecule has 27 heavy (non-hydrogen) atoms. The fourth-order valence-corrected chi connectivity index (χ4v) is 2.80. The quantitative estimate of drug-likeness (QED) is 0.703. The number of carbonyl (C=O) groups is 3. The van der Waals surface area contributed by atoms with Crippen molar-refractivity contribution in [2.75, 3.05) is 0 Å². The lowest BCUT2D eigenvalue weighted by molar-refractivity contribution is -0.141. The molecule has 0 aliphatic heterocycles. The molecule has 5 heteroatoms. The second kappa shape index (κ2) is 8.10. The largest absolute Gasteiger partial charge is 0.479 e. The van der Waals surface area contributed by atoms with Crippen LogP contribution in [0.2, 0.25) is 0 Å². The van der Waals surface area contributed by atoms with E-state index in [-0.39, 0.29) is 11.1 Å². The van der Waals surface area contributed by atoms with Gasteiger partial charge in [0.25, 0.3) is 11.8 Å². The summed E-state index contributed by atoms with van der Waals surface area (Å²) in [6, 6.07) is 23.2. The Hall–Kier alpha value is -3.73. The van der Waals surface area contributed by atoms with Gasteiger partial charge in [0, 0.05) is 11.1 Å². The minimum atomic E-state index is -1.44. The normalized spacial score (nSPS) is 11.4. The van der Waals surface area contributed by atoms with Gasteiger partial charge in [0.05, 0.1) is 0 Å². The molecule has 3 rings (SSSR count). The van der Waals surface area contributed by atoms with Crippen molar-refractivity contribution in [2.24, 2.45) is 0 Å². The molecule has 0 aromatic heterocycles. The number of nitrogens with zero attached hydrogens (tertiary/aromatic N) is 1. The molecule has 0 spiro atoms. The number of imide groups is 1. The van der Waals surface area contributed by atoms with Crippen LogP contribution >= 0.6 is 0 Å². The number of carboxylic acids is 1. The van der Waals surface area contributed by atoms with E-state index in [2.05, 4.69) is 0 Å². The Bertz CT molecular complexity index is 888. The summed E-state index contributed by atoms with van der Waals surface area (Å²) < 4.78 is 0. The third-order valence-corrected chi connectivity index (χ3v) is 4.09. The van der Waals surface area contributed by atoms with E-state index in [0.29, 0.717) is 5.56 Å². The molecule has 0 heterocycles. The van der Waals surface area contributed by atoms with E-state index in [0.717, 1.165) is 4.90 Å². The minimum absolute atomic E-state index is 0.240. The van der Waals surface area contributed by atoms with Crippen molar-refractivity contribution < 1.29 is 19.5 Å². The molecule has 0 aliphatic rings. The first-order valence-electron chi connectivity index (χ1n) is 8.35. The molecule has 0 fully saturated rings. The Morgan fingerprint density at radius 3 is 1.37 bits per heavy atom. The molecule has 1 atom stereocenters. The van der Waals surface area contributed by atoms with E-state index in [1.165, 1.54) is 0 Å². The first-order valence-corrected chi connectivity index (χ1v) is 8.35. The lowest BCUT2D eigenvalue weighted by atomic mass is 10.0. The number of hydrogen-bond acceptors (Lipinski definition) is 3. The van der Waals surface area contributed by atoms with Gasteiger partial charge in [-0.05, 0) is 29.8 Å². The summed E-state index contributed by atoms with van der Waals surface area (Å²) in [5.74, 6) is -2.61. The van der Waals surface area contributed by atoms with Gasteiger partial charge >= 0.3 is 5.97 Å². The van der Waals surface area contributed by atoms with Crippen LogP contribution in [0, 0.1) is 0 Å². The van der Waals surface area contributed by atoms with Gasteiger partial charge in [0.15, 0.2) is 6.04 Å². The van der Waals surface area contributed by atoms with Gasteiger partial charge in [-0.3, -0.25) is 14.5 Å². The van der Waals surface area contributed by atoms with Crippen molar-refractivity contribution in [2.45, 2.75) is 6.04 Å². The van der Waals surface area contributed by atoms with Gasteiger partial charge in [0.1, 0.15) is 0 Å². The van der Waals surface area contributed by atoms with E-state index >= 15 is 0 Å². The lowest BCUT2D eigenvalue weighted by Gasteiger charge is -2.28. The molecular formula is C22H17NO4. The Balaban J connectivity index is 2.12. The topological polar surface area (TPSA) is 74.7 Å². The summed E-state index contributed by atoms with van der Waals surface area (Å²) in [5, 5.41) is 9.84. The zero-order chi connectivity index (χ0) is 19.2. The predicted molar refractivity (Wildman–Crippen MR) is 100 cm³/mol. The van der Waals surface area contributed by atoms with Crippen LogP contribution in [-0.2, 0) is 4.79 Å². The van der Waals surface area contributed by atoms with E-state index in [1.54, 1.807) is 91.0 Å². The SMILES string of the molecule is O=C(O)C(c1ccccc1)N(C(=O)c1ccccc1)C(=O)c1ccccc1. The van der Waals surface area contributed by atoms with Crippen molar-refractivity contribution in [3.8, 4) is 0 Å². The second-order valence-electron chi connectivity index (χ2n) is 5.86. The van der Waals surface area contributed by atoms with Gasteiger partial charge in [0.2, 0.25) is 0 Å². The Morgan fingerprint density at radius 2 is 1.00 bits per heavy atom. The van der Waals surface area contributed by atoms with Crippen molar-refractivity contribution >= 4 is 17.8 Å². The molecule has 3 aromatic rings. The van der Waals surface area contributed by atoms with Crippen LogP contribution in [0.4, 0.5) is 0 Å². The van der Waals surface area contributed by atoms with Gasteiger partial charge in [-0.15, -0.1) is 0 Å². The standard InChI is InChI=1S/C22H17NO4/c24-20(17-12-6-2-7-13-17)23(21(25)18-14-8-3-9-15-18)19(22(26)27)16-10-4-1-5-11-16/h1-15,19H,(H,26,27). The number of amides is 2. The predicted octanol–water partition coefficient (Wildman–Crippen LogP) is 3.80. The zero-order valence-corrected chi connectivity index (χ0v) is 14.4. The van der Waals surface area contributed by atoms with Crippen LogP contribution in [0.3, 0.4) is 0 Å². The monoisotopic (exact) mass is 359 g/mol. The summed E-state index contributed by atoms with van der Waals surface area (Å²) in [6.45, 7) is 0. The van der Waals surface area contributed by atoms with Crippen LogP contribution in [0.15, 0.2) is 91.0 Å². The first-order chi connectivity index (χ1) is 13.1. The molecule has 134 valence electrons. The highest BCUT2D eigenvalue weighted by Gasteiger charge is 2.37. The summed E-state index contributed by atoms with van der Waals surface area (Å²) in [6.07, 6.45) is 0. The zero-order valence-electron chi connectivity index (χ0n) is 14.4. The summed E-state index contributed by atoms with van der Waals surface area (Å²) in [4.78, 5) is 39.1. The van der Waals surface area contributed by atoms with Crippen molar-refractivity contribution in [1.82, 2.24) is 4.90 Å². The van der Waals surface area contributed by atoms with Gasteiger partial charge in [-0.25, -0.2) is 4.79 Å². The van der Waals surface area contributed by atoms with Crippen LogP contribution < -0.4 is 0 Å². The molecule has 1 N–H and O–H groups in total. The number of carboxylic acid groups (broad SMARTS) is 1. The number of aliphatic carboxylic acids is 1. The minimum Gasteiger partial charge on any atom is -0.479 e. The molecule has 0 bridgehead atoms. The summed E-state index contributed by atoms with van der Waals surface area (Å²) in [5.41, 5.74) is 0.825. The molecule has 3 aromatic carbocycles. The smallest absolute Gasteiger partial charge is 0.331 e. The van der Waals surface area contributed by atoms with E-state index in [9.17, 15) is 19.5 Å². The maximum Gasteiger partial charge on any atom is 0.331 e. The average Bonchev–Trinajstić information content (AvgIpc) is 2.72. The van der Waals surface area contributed by atoms with Crippen molar-refractivity contribution in [3.63, 3.8) is 0 Å². The number of benzene rings is 3. The molecule has 1 unspecified atom stereocenters. The molecule has 2 amide bonds. The maximum absolute atomic E-state index is 13.1. The van der Waals surface area contributed by atoms with Crippen molar-refractivity contribution in [3.05, 3.63) is 108 Å².